The van der Waals surface area contributed by atoms with Gasteiger partial charge in [0.25, 0.3) is 0 Å². The summed E-state index contributed by atoms with van der Waals surface area (Å²) in [7, 11) is 1.89. The van der Waals surface area contributed by atoms with E-state index in [1.807, 2.05) is 55.6 Å². The van der Waals surface area contributed by atoms with Gasteiger partial charge >= 0.3 is 0 Å². The Morgan fingerprint density at radius 3 is 1.76 bits per heavy atom. The number of para-hydroxylation sites is 2. The van der Waals surface area contributed by atoms with E-state index in [2.05, 4.69) is 0 Å². The van der Waals surface area contributed by atoms with E-state index in [9.17, 15) is 4.79 Å². The van der Waals surface area contributed by atoms with Crippen molar-refractivity contribution in [2.24, 2.45) is 5.84 Å². The number of quaternary nitrogens is 1. The maximum atomic E-state index is 12.3. The lowest BCUT2D eigenvalue weighted by atomic mass is 9.94. The molecule has 0 spiro atoms. The van der Waals surface area contributed by atoms with Crippen molar-refractivity contribution in [1.82, 2.24) is 4.59 Å². The Balaban J connectivity index is 2.38. The fourth-order valence-electron chi connectivity index (χ4n) is 2.42. The van der Waals surface area contributed by atoms with E-state index in [-0.39, 0.29) is 10.4 Å². The van der Waals surface area contributed by atoms with Crippen LogP contribution in [0.25, 0.3) is 0 Å². The molecule has 3 nitrogen and oxygen atoms in total. The number of benzene rings is 2. The summed E-state index contributed by atoms with van der Waals surface area (Å²) >= 11 is 0. The average molecular weight is 225 g/mol. The van der Waals surface area contributed by atoms with E-state index >= 15 is 0 Å². The minimum Gasteiger partial charge on any atom is -0.288 e. The van der Waals surface area contributed by atoms with Gasteiger partial charge in [0.15, 0.2) is 11.4 Å². The van der Waals surface area contributed by atoms with Gasteiger partial charge in [0.2, 0.25) is 5.78 Å². The number of hydrogen-bond acceptors (Lipinski definition) is 2. The Labute approximate surface area is 99.7 Å². The minimum absolute atomic E-state index is 0.0530. The summed E-state index contributed by atoms with van der Waals surface area (Å²) in [5.41, 5.74) is 3.07. The third-order valence-electron chi connectivity index (χ3n) is 3.30. The first-order valence-corrected chi connectivity index (χ1v) is 5.51. The second-order valence-corrected chi connectivity index (χ2v) is 4.44. The van der Waals surface area contributed by atoms with Crippen LogP contribution in [0.4, 0.5) is 11.4 Å². The fourth-order valence-corrected chi connectivity index (χ4v) is 2.42. The number of carbonyl (C=O) groups is 1. The van der Waals surface area contributed by atoms with Gasteiger partial charge in [-0.1, -0.05) is 24.3 Å². The molecule has 0 aromatic heterocycles. The zero-order valence-corrected chi connectivity index (χ0v) is 9.55. The lowest BCUT2D eigenvalue weighted by Gasteiger charge is -2.33. The van der Waals surface area contributed by atoms with Crippen molar-refractivity contribution in [3.8, 4) is 0 Å². The van der Waals surface area contributed by atoms with Crippen molar-refractivity contribution in [1.29, 1.82) is 0 Å². The topological polar surface area (TPSA) is 43.1 Å². The molecule has 84 valence electrons. The predicted molar refractivity (Wildman–Crippen MR) is 67.9 cm³/mol. The fraction of sp³-hybridized carbons (Fsp3) is 0.0714. The largest absolute Gasteiger partial charge is 0.288 e. The molecule has 0 atom stereocenters. The SMILES string of the molecule is C[N+]1(N)c2ccccc2C(=O)c2ccccc21. The number of ketones is 1. The summed E-state index contributed by atoms with van der Waals surface area (Å²) < 4.78 is 0.123. The second kappa shape index (κ2) is 3.26. The van der Waals surface area contributed by atoms with Crippen LogP contribution in [0.15, 0.2) is 48.5 Å². The van der Waals surface area contributed by atoms with E-state index < -0.39 is 0 Å². The van der Waals surface area contributed by atoms with E-state index in [1.165, 1.54) is 0 Å². The maximum Gasteiger partial charge on any atom is 0.205 e. The third-order valence-corrected chi connectivity index (χ3v) is 3.30. The van der Waals surface area contributed by atoms with Crippen LogP contribution in [0.3, 0.4) is 0 Å². The molecule has 2 aromatic rings. The molecule has 1 aliphatic heterocycles. The molecule has 0 saturated carbocycles. The molecule has 0 saturated heterocycles. The zero-order valence-electron chi connectivity index (χ0n) is 9.55. The van der Waals surface area contributed by atoms with Crippen LogP contribution in [0.1, 0.15) is 15.9 Å². The molecule has 0 aliphatic carbocycles. The van der Waals surface area contributed by atoms with E-state index in [4.69, 9.17) is 5.84 Å². The van der Waals surface area contributed by atoms with Crippen molar-refractivity contribution in [3.63, 3.8) is 0 Å². The Morgan fingerprint density at radius 1 is 0.882 bits per heavy atom. The molecule has 1 heterocycles. The Kier molecular flexibility index (Phi) is 1.96. The summed E-state index contributed by atoms with van der Waals surface area (Å²) in [5, 5.41) is 0. The summed E-state index contributed by atoms with van der Waals surface area (Å²) in [5.74, 6) is 6.40. The summed E-state index contributed by atoms with van der Waals surface area (Å²) in [6, 6.07) is 15.0. The van der Waals surface area contributed by atoms with E-state index in [1.54, 1.807) is 0 Å². The minimum atomic E-state index is 0.0530. The molecule has 0 fully saturated rings. The van der Waals surface area contributed by atoms with Crippen LogP contribution >= 0.6 is 0 Å². The quantitative estimate of drug-likeness (QED) is 0.552. The first-order chi connectivity index (χ1) is 8.12. The molecule has 0 radical (unpaired) electrons. The Bertz CT molecular complexity index is 566. The highest BCUT2D eigenvalue weighted by atomic mass is 16.1. The van der Waals surface area contributed by atoms with Crippen molar-refractivity contribution < 1.29 is 4.79 Å². The van der Waals surface area contributed by atoms with Gasteiger partial charge in [-0.15, -0.1) is 0 Å². The number of rotatable bonds is 0. The van der Waals surface area contributed by atoms with Gasteiger partial charge in [-0.2, -0.15) is 10.4 Å². The number of nitrogens with zero attached hydrogens (tertiary/aromatic N) is 1. The molecule has 3 rings (SSSR count). The van der Waals surface area contributed by atoms with Crippen LogP contribution in [0.2, 0.25) is 0 Å². The number of carbonyl (C=O) groups excluding carboxylic acids is 1. The van der Waals surface area contributed by atoms with Gasteiger partial charge in [-0.05, 0) is 12.1 Å². The summed E-state index contributed by atoms with van der Waals surface area (Å²) in [6.45, 7) is 0. The summed E-state index contributed by atoms with van der Waals surface area (Å²) in [4.78, 5) is 12.3. The Morgan fingerprint density at radius 2 is 1.29 bits per heavy atom. The van der Waals surface area contributed by atoms with Crippen LogP contribution in [0, 0.1) is 0 Å². The molecule has 0 amide bonds. The maximum absolute atomic E-state index is 12.3. The molecule has 0 unspecified atom stereocenters. The third kappa shape index (κ3) is 1.27. The highest BCUT2D eigenvalue weighted by Crippen LogP contribution is 2.40. The van der Waals surface area contributed by atoms with Crippen molar-refractivity contribution >= 4 is 17.2 Å². The highest BCUT2D eigenvalue weighted by Gasteiger charge is 2.38. The van der Waals surface area contributed by atoms with Crippen LogP contribution < -0.4 is 10.4 Å². The first kappa shape index (κ1) is 10.2. The van der Waals surface area contributed by atoms with Gasteiger partial charge in [0.1, 0.15) is 0 Å². The van der Waals surface area contributed by atoms with Gasteiger partial charge < -0.3 is 0 Å². The lowest BCUT2D eigenvalue weighted by Crippen LogP contribution is -2.50. The van der Waals surface area contributed by atoms with Crippen molar-refractivity contribution in [2.75, 3.05) is 7.05 Å². The summed E-state index contributed by atoms with van der Waals surface area (Å²) in [6.07, 6.45) is 0. The molecule has 1 aliphatic rings. The smallest absolute Gasteiger partial charge is 0.205 e. The monoisotopic (exact) mass is 225 g/mol. The number of fused-ring (bicyclic) bond motifs is 2. The number of nitrogens with two attached hydrogens (primary N) is 1. The lowest BCUT2D eigenvalue weighted by molar-refractivity contribution is 0.103. The van der Waals surface area contributed by atoms with Gasteiger partial charge in [0, 0.05) is 12.1 Å². The molecular formula is C14H13N2O+. The van der Waals surface area contributed by atoms with Gasteiger partial charge in [-0.25, -0.2) is 0 Å². The second-order valence-electron chi connectivity index (χ2n) is 4.44. The zero-order chi connectivity index (χ0) is 12.0. The molecular weight excluding hydrogens is 212 g/mol. The predicted octanol–water partition coefficient (Wildman–Crippen LogP) is 2.37. The first-order valence-electron chi connectivity index (χ1n) is 5.51. The molecule has 2 aromatic carbocycles. The molecule has 3 heteroatoms. The highest BCUT2D eigenvalue weighted by molar-refractivity contribution is 6.17. The van der Waals surface area contributed by atoms with Crippen LogP contribution in [-0.4, -0.2) is 12.8 Å². The Hall–Kier alpha value is -1.97. The van der Waals surface area contributed by atoms with Crippen molar-refractivity contribution in [2.45, 2.75) is 0 Å². The molecule has 17 heavy (non-hydrogen) atoms. The number of hydrogen-bond donors (Lipinski definition) is 1. The van der Waals surface area contributed by atoms with Crippen LogP contribution in [-0.2, 0) is 0 Å². The van der Waals surface area contributed by atoms with E-state index in [0.29, 0.717) is 11.1 Å². The normalized spacial score (nSPS) is 16.2. The van der Waals surface area contributed by atoms with Crippen molar-refractivity contribution in [3.05, 3.63) is 59.7 Å². The van der Waals surface area contributed by atoms with E-state index in [0.717, 1.165) is 11.4 Å². The average Bonchev–Trinajstić information content (AvgIpc) is 2.37. The van der Waals surface area contributed by atoms with Gasteiger partial charge in [0.05, 0.1) is 18.2 Å². The van der Waals surface area contributed by atoms with Crippen LogP contribution in [0.5, 0.6) is 0 Å². The standard InChI is InChI=1S/C14H13N2O/c1-16(15)12-8-4-2-6-10(12)14(17)11-7-3-5-9-13(11)16/h2-9H,15H2,1H3/q+1. The molecule has 0 bridgehead atoms. The molecule has 2 N–H and O–H groups in total. The van der Waals surface area contributed by atoms with Gasteiger partial charge in [-0.3, -0.25) is 4.79 Å².